The van der Waals surface area contributed by atoms with Crippen molar-refractivity contribution in [1.82, 2.24) is 9.97 Å². The van der Waals surface area contributed by atoms with Gasteiger partial charge >= 0.3 is 0 Å². The topological polar surface area (TPSA) is 69.2 Å². The van der Waals surface area contributed by atoms with Crippen molar-refractivity contribution in [3.8, 4) is 5.75 Å². The van der Waals surface area contributed by atoms with Gasteiger partial charge in [0.1, 0.15) is 6.33 Å². The summed E-state index contributed by atoms with van der Waals surface area (Å²) in [6.45, 7) is 3.18. The van der Waals surface area contributed by atoms with E-state index in [1.807, 2.05) is 0 Å². The van der Waals surface area contributed by atoms with Gasteiger partial charge in [0.05, 0.1) is 13.3 Å². The Kier molecular flexibility index (Phi) is 2.62. The Morgan fingerprint density at radius 3 is 2.85 bits per heavy atom. The molecule has 1 heterocycles. The van der Waals surface area contributed by atoms with E-state index in [9.17, 15) is 8.42 Å². The SMILES string of the molecule is C=CS(=O)(=O)c1ncncc1OC. The average Bonchev–Trinajstić information content (AvgIpc) is 2.18. The summed E-state index contributed by atoms with van der Waals surface area (Å²) in [5.41, 5.74) is 0. The van der Waals surface area contributed by atoms with Gasteiger partial charge in [0, 0.05) is 5.41 Å². The molecular weight excluding hydrogens is 192 g/mol. The quantitative estimate of drug-likeness (QED) is 0.660. The van der Waals surface area contributed by atoms with Crippen LogP contribution in [0.2, 0.25) is 0 Å². The van der Waals surface area contributed by atoms with Gasteiger partial charge < -0.3 is 4.74 Å². The zero-order valence-corrected chi connectivity index (χ0v) is 7.78. The predicted molar refractivity (Wildman–Crippen MR) is 46.0 cm³/mol. The molecule has 70 valence electrons. The fourth-order valence-electron chi connectivity index (χ4n) is 0.738. The van der Waals surface area contributed by atoms with Gasteiger partial charge in [-0.25, -0.2) is 18.4 Å². The molecule has 1 aromatic heterocycles. The molecule has 0 amide bonds. The van der Waals surface area contributed by atoms with Crippen molar-refractivity contribution >= 4 is 9.84 Å². The van der Waals surface area contributed by atoms with Crippen LogP contribution in [0.1, 0.15) is 0 Å². The van der Waals surface area contributed by atoms with Crippen LogP contribution in [-0.2, 0) is 9.84 Å². The molecule has 0 spiro atoms. The minimum absolute atomic E-state index is 0.113. The van der Waals surface area contributed by atoms with E-state index in [-0.39, 0.29) is 10.8 Å². The summed E-state index contributed by atoms with van der Waals surface area (Å²) >= 11 is 0. The van der Waals surface area contributed by atoms with Gasteiger partial charge in [0.25, 0.3) is 0 Å². The van der Waals surface area contributed by atoms with E-state index < -0.39 is 9.84 Å². The van der Waals surface area contributed by atoms with Gasteiger partial charge in [-0.2, -0.15) is 0 Å². The Hall–Kier alpha value is -1.43. The predicted octanol–water partition coefficient (Wildman–Crippen LogP) is 0.402. The highest BCUT2D eigenvalue weighted by molar-refractivity contribution is 7.94. The number of aromatic nitrogens is 2. The standard InChI is InChI=1S/C7H8N2O3S/c1-3-13(10,11)7-6(12-2)4-8-5-9-7/h3-5H,1H2,2H3. The van der Waals surface area contributed by atoms with Crippen molar-refractivity contribution in [2.24, 2.45) is 0 Å². The van der Waals surface area contributed by atoms with Crippen molar-refractivity contribution in [3.63, 3.8) is 0 Å². The van der Waals surface area contributed by atoms with E-state index in [1.54, 1.807) is 0 Å². The Morgan fingerprint density at radius 2 is 2.31 bits per heavy atom. The fourth-order valence-corrected chi connectivity index (χ4v) is 1.51. The molecule has 0 radical (unpaired) electrons. The minimum atomic E-state index is -3.55. The molecule has 0 atom stereocenters. The van der Waals surface area contributed by atoms with Crippen LogP contribution in [-0.4, -0.2) is 25.5 Å². The second-order valence-corrected chi connectivity index (χ2v) is 3.92. The highest BCUT2D eigenvalue weighted by atomic mass is 32.2. The summed E-state index contributed by atoms with van der Waals surface area (Å²) in [6.07, 6.45) is 2.42. The molecule has 6 heteroatoms. The van der Waals surface area contributed by atoms with Crippen molar-refractivity contribution in [2.45, 2.75) is 5.03 Å². The normalized spacial score (nSPS) is 10.8. The van der Waals surface area contributed by atoms with Crippen molar-refractivity contribution in [3.05, 3.63) is 24.5 Å². The summed E-state index contributed by atoms with van der Waals surface area (Å²) in [4.78, 5) is 7.23. The lowest BCUT2D eigenvalue weighted by atomic mass is 10.6. The number of methoxy groups -OCH3 is 1. The van der Waals surface area contributed by atoms with Gasteiger partial charge in [-0.3, -0.25) is 0 Å². The molecule has 5 nitrogen and oxygen atoms in total. The molecule has 0 aliphatic heterocycles. The molecular formula is C7H8N2O3S. The van der Waals surface area contributed by atoms with Crippen LogP contribution < -0.4 is 4.74 Å². The number of sulfone groups is 1. The average molecular weight is 200 g/mol. The number of rotatable bonds is 3. The first kappa shape index (κ1) is 9.66. The molecule has 0 aromatic carbocycles. The van der Waals surface area contributed by atoms with Crippen LogP contribution in [0.4, 0.5) is 0 Å². The maximum absolute atomic E-state index is 11.3. The molecule has 0 aliphatic rings. The Bertz CT molecular complexity index is 414. The molecule has 0 aliphatic carbocycles. The fraction of sp³-hybridized carbons (Fsp3) is 0.143. The highest BCUT2D eigenvalue weighted by Crippen LogP contribution is 2.20. The molecule has 0 bridgehead atoms. The largest absolute Gasteiger partial charge is 0.492 e. The second kappa shape index (κ2) is 3.53. The van der Waals surface area contributed by atoms with Crippen LogP contribution in [0.15, 0.2) is 29.5 Å². The molecule has 0 unspecified atom stereocenters. The van der Waals surface area contributed by atoms with E-state index in [2.05, 4.69) is 16.5 Å². The van der Waals surface area contributed by atoms with E-state index in [4.69, 9.17) is 4.74 Å². The van der Waals surface area contributed by atoms with Crippen LogP contribution >= 0.6 is 0 Å². The first-order chi connectivity index (χ1) is 6.11. The Balaban J connectivity index is 3.37. The lowest BCUT2D eigenvalue weighted by Crippen LogP contribution is -2.02. The van der Waals surface area contributed by atoms with Crippen molar-refractivity contribution in [2.75, 3.05) is 7.11 Å². The summed E-state index contributed by atoms with van der Waals surface area (Å²) in [5.74, 6) is 0.113. The third-order valence-corrected chi connectivity index (χ3v) is 2.64. The van der Waals surface area contributed by atoms with E-state index in [0.717, 1.165) is 11.7 Å². The molecule has 1 aromatic rings. The number of hydrogen-bond acceptors (Lipinski definition) is 5. The molecule has 0 saturated heterocycles. The smallest absolute Gasteiger partial charge is 0.220 e. The Morgan fingerprint density at radius 1 is 1.62 bits per heavy atom. The Labute approximate surface area is 76.0 Å². The molecule has 0 saturated carbocycles. The van der Waals surface area contributed by atoms with Crippen LogP contribution in [0.3, 0.4) is 0 Å². The lowest BCUT2D eigenvalue weighted by molar-refractivity contribution is 0.396. The minimum Gasteiger partial charge on any atom is -0.492 e. The summed E-state index contributed by atoms with van der Waals surface area (Å²) in [5, 5.41) is 0.651. The molecule has 0 fully saturated rings. The van der Waals surface area contributed by atoms with Crippen molar-refractivity contribution < 1.29 is 13.2 Å². The van der Waals surface area contributed by atoms with Crippen molar-refractivity contribution in [1.29, 1.82) is 0 Å². The summed E-state index contributed by atoms with van der Waals surface area (Å²) in [6, 6.07) is 0. The summed E-state index contributed by atoms with van der Waals surface area (Å²) < 4.78 is 27.4. The first-order valence-corrected chi connectivity index (χ1v) is 4.88. The van der Waals surface area contributed by atoms with Gasteiger partial charge in [-0.05, 0) is 0 Å². The monoisotopic (exact) mass is 200 g/mol. The molecule has 0 N–H and O–H groups in total. The van der Waals surface area contributed by atoms with Crippen LogP contribution in [0.5, 0.6) is 5.75 Å². The molecule has 1 rings (SSSR count). The zero-order valence-electron chi connectivity index (χ0n) is 6.97. The highest BCUT2D eigenvalue weighted by Gasteiger charge is 2.17. The summed E-state index contributed by atoms with van der Waals surface area (Å²) in [7, 11) is -2.21. The van der Waals surface area contributed by atoms with E-state index in [1.165, 1.54) is 13.3 Å². The number of ether oxygens (including phenoxy) is 1. The maximum Gasteiger partial charge on any atom is 0.220 e. The van der Waals surface area contributed by atoms with Crippen LogP contribution in [0, 0.1) is 0 Å². The maximum atomic E-state index is 11.3. The van der Waals surface area contributed by atoms with Gasteiger partial charge in [-0.15, -0.1) is 0 Å². The zero-order chi connectivity index (χ0) is 9.90. The third-order valence-electron chi connectivity index (χ3n) is 1.35. The third kappa shape index (κ3) is 1.83. The van der Waals surface area contributed by atoms with Crippen LogP contribution in [0.25, 0.3) is 0 Å². The van der Waals surface area contributed by atoms with Gasteiger partial charge in [0.2, 0.25) is 14.9 Å². The first-order valence-electron chi connectivity index (χ1n) is 3.33. The second-order valence-electron chi connectivity index (χ2n) is 2.11. The van der Waals surface area contributed by atoms with E-state index in [0.29, 0.717) is 0 Å². The van der Waals surface area contributed by atoms with E-state index >= 15 is 0 Å². The van der Waals surface area contributed by atoms with Gasteiger partial charge in [0.15, 0.2) is 5.75 Å². The lowest BCUT2D eigenvalue weighted by Gasteiger charge is -2.03. The van der Waals surface area contributed by atoms with Gasteiger partial charge in [-0.1, -0.05) is 6.58 Å². The number of hydrogen-bond donors (Lipinski definition) is 0. The number of nitrogens with zero attached hydrogens (tertiary/aromatic N) is 2. The molecule has 13 heavy (non-hydrogen) atoms.